The van der Waals surface area contributed by atoms with Crippen LogP contribution in [0.4, 0.5) is 8.78 Å². The minimum atomic E-state index is -3.56. The fourth-order valence-corrected chi connectivity index (χ4v) is 6.07. The third kappa shape index (κ3) is 6.44. The first kappa shape index (κ1) is 31.0. The fraction of sp³-hybridized carbons (Fsp3) is 0.645. The number of nitrogens with zero attached hydrogens (tertiary/aromatic N) is 3. The number of aldehydes is 1. The van der Waals surface area contributed by atoms with Gasteiger partial charge in [0.15, 0.2) is 5.69 Å². The largest absolute Gasteiger partial charge is 0.497 e. The van der Waals surface area contributed by atoms with Crippen LogP contribution in [0, 0.1) is 23.2 Å². The van der Waals surface area contributed by atoms with E-state index in [1.165, 1.54) is 18.1 Å². The first-order chi connectivity index (χ1) is 20.4. The van der Waals surface area contributed by atoms with Gasteiger partial charge in [0.25, 0.3) is 0 Å². The van der Waals surface area contributed by atoms with Crippen molar-refractivity contribution in [3.63, 3.8) is 0 Å². The average molecular weight is 604 g/mol. The molecule has 12 heteroatoms. The van der Waals surface area contributed by atoms with Crippen LogP contribution in [0.2, 0.25) is 0 Å². The van der Waals surface area contributed by atoms with Crippen molar-refractivity contribution in [3.8, 4) is 11.6 Å². The minimum absolute atomic E-state index is 0.00123. The number of esters is 1. The van der Waals surface area contributed by atoms with Gasteiger partial charge in [-0.25, -0.2) is 9.97 Å². The molecule has 1 aliphatic carbocycles. The highest BCUT2D eigenvalue weighted by Gasteiger charge is 2.50. The van der Waals surface area contributed by atoms with Gasteiger partial charge in [-0.05, 0) is 36.8 Å². The molecule has 0 radical (unpaired) electrons. The van der Waals surface area contributed by atoms with Gasteiger partial charge >= 0.3 is 11.9 Å². The number of ether oxygens (including phenoxy) is 4. The molecular formula is C31H39F2N3O7. The van der Waals surface area contributed by atoms with Crippen LogP contribution < -0.4 is 9.47 Å². The summed E-state index contributed by atoms with van der Waals surface area (Å²) in [6.45, 7) is 6.46. The second kappa shape index (κ2) is 11.9. The van der Waals surface area contributed by atoms with Gasteiger partial charge in [0.2, 0.25) is 11.8 Å². The first-order valence-corrected chi connectivity index (χ1v) is 14.8. The lowest BCUT2D eigenvalue weighted by molar-refractivity contribution is -0.154. The first-order valence-electron chi connectivity index (χ1n) is 14.8. The number of carbonyl (C=O) groups is 3. The van der Waals surface area contributed by atoms with Crippen LogP contribution in [0.3, 0.4) is 0 Å². The van der Waals surface area contributed by atoms with Crippen molar-refractivity contribution in [3.05, 3.63) is 23.9 Å². The Morgan fingerprint density at radius 2 is 1.91 bits per heavy atom. The predicted octanol–water partition coefficient (Wildman–Crippen LogP) is 4.32. The Morgan fingerprint density at radius 3 is 2.58 bits per heavy atom. The number of benzene rings is 1. The molecule has 6 atom stereocenters. The summed E-state index contributed by atoms with van der Waals surface area (Å²) in [7, 11) is 1.48. The molecule has 5 rings (SSSR count). The van der Waals surface area contributed by atoms with Gasteiger partial charge in [-0.15, -0.1) is 0 Å². The molecule has 43 heavy (non-hydrogen) atoms. The van der Waals surface area contributed by atoms with E-state index in [1.54, 1.807) is 12.1 Å². The van der Waals surface area contributed by atoms with E-state index in [0.717, 1.165) is 0 Å². The summed E-state index contributed by atoms with van der Waals surface area (Å²) in [5.74, 6) is -5.65. The monoisotopic (exact) mass is 603 g/mol. The van der Waals surface area contributed by atoms with Gasteiger partial charge < -0.3 is 28.6 Å². The molecule has 1 saturated heterocycles. The number of fused-ring (bicyclic) bond motifs is 5. The third-order valence-corrected chi connectivity index (χ3v) is 8.77. The molecule has 1 amide bonds. The highest BCUT2D eigenvalue weighted by Crippen LogP contribution is 2.41. The molecule has 10 nitrogen and oxygen atoms in total. The maximum atomic E-state index is 15.7. The standard InChI is InChI=1S/C31H39F2N3O7/c1-6-19-23(15-37)36-14-25(19)43-28-27(34-21-8-7-18(40-5)12-22(21)35-28)31(32,33)16-41-10-9-17-11-24(17)42-26(38)13-20(29(36)39)30(2,3)4/h7-8,12,15,17,19-20,23-25H,6,9-11,13-14,16H2,1-5H3/t17-,19+,20-,23-,24-,25+/m1/s1. The third-order valence-electron chi connectivity index (χ3n) is 8.77. The number of rotatable bonds is 3. The van der Waals surface area contributed by atoms with Crippen molar-refractivity contribution in [1.29, 1.82) is 0 Å². The molecule has 2 bridgehead atoms. The van der Waals surface area contributed by atoms with Crippen LogP contribution in [0.15, 0.2) is 18.2 Å². The zero-order chi connectivity index (χ0) is 31.1. The van der Waals surface area contributed by atoms with Crippen molar-refractivity contribution in [1.82, 2.24) is 14.9 Å². The average Bonchev–Trinajstić information content (AvgIpc) is 3.59. The van der Waals surface area contributed by atoms with E-state index >= 15 is 8.78 Å². The number of hydrogen-bond acceptors (Lipinski definition) is 9. The summed E-state index contributed by atoms with van der Waals surface area (Å²) >= 11 is 0. The zero-order valence-corrected chi connectivity index (χ0v) is 25.2. The van der Waals surface area contributed by atoms with Crippen molar-refractivity contribution < 1.29 is 42.1 Å². The van der Waals surface area contributed by atoms with E-state index < -0.39 is 59.5 Å². The van der Waals surface area contributed by atoms with E-state index in [9.17, 15) is 14.4 Å². The maximum Gasteiger partial charge on any atom is 0.317 e. The van der Waals surface area contributed by atoms with Crippen molar-refractivity contribution in [2.24, 2.45) is 23.2 Å². The lowest BCUT2D eigenvalue weighted by Gasteiger charge is -2.34. The van der Waals surface area contributed by atoms with E-state index in [4.69, 9.17) is 18.9 Å². The van der Waals surface area contributed by atoms with Gasteiger partial charge in [-0.1, -0.05) is 27.7 Å². The molecule has 3 aliphatic rings. The number of methoxy groups -OCH3 is 1. The van der Waals surface area contributed by atoms with Gasteiger partial charge in [0, 0.05) is 24.5 Å². The van der Waals surface area contributed by atoms with Gasteiger partial charge in [-0.3, -0.25) is 9.59 Å². The molecule has 1 aromatic heterocycles. The Hall–Kier alpha value is -3.41. The van der Waals surface area contributed by atoms with Gasteiger partial charge in [0.05, 0.1) is 43.1 Å². The number of aromatic nitrogens is 2. The molecule has 0 unspecified atom stereocenters. The summed E-state index contributed by atoms with van der Waals surface area (Å²) in [5.41, 5.74) is -0.796. The van der Waals surface area contributed by atoms with Crippen molar-refractivity contribution in [2.75, 3.05) is 26.9 Å². The quantitative estimate of drug-likeness (QED) is 0.374. The number of halogens is 2. The second-order valence-electron chi connectivity index (χ2n) is 12.8. The number of carbonyl (C=O) groups excluding carboxylic acids is 3. The van der Waals surface area contributed by atoms with Gasteiger partial charge in [0.1, 0.15) is 30.9 Å². The highest BCUT2D eigenvalue weighted by atomic mass is 19.3. The molecule has 0 spiro atoms. The molecule has 0 N–H and O–H groups in total. The predicted molar refractivity (Wildman–Crippen MR) is 151 cm³/mol. The Labute approximate surface area is 249 Å². The molecule has 3 heterocycles. The molecule has 234 valence electrons. The summed E-state index contributed by atoms with van der Waals surface area (Å²) in [6, 6.07) is 3.84. The summed E-state index contributed by atoms with van der Waals surface area (Å²) in [6.07, 6.45) is 0.848. The molecule has 1 saturated carbocycles. The van der Waals surface area contributed by atoms with E-state index in [-0.39, 0.29) is 48.5 Å². The topological polar surface area (TPSA) is 117 Å². The summed E-state index contributed by atoms with van der Waals surface area (Å²) in [5, 5.41) is 0. The SMILES string of the molecule is CC[C@@H]1[C@@H]2CN(C(=O)[C@H](C(C)(C)C)CC(=O)O[C@@H]3C[C@H]3CCOCC(F)(F)c3nc4ccc(OC)cc4nc3O2)[C@@H]1C=O. The smallest absolute Gasteiger partial charge is 0.317 e. The normalized spacial score (nSPS) is 29.9. The maximum absolute atomic E-state index is 15.7. The Morgan fingerprint density at radius 1 is 1.14 bits per heavy atom. The van der Waals surface area contributed by atoms with E-state index in [1.807, 2.05) is 27.7 Å². The molecule has 2 aromatic rings. The van der Waals surface area contributed by atoms with Crippen LogP contribution in [0.1, 0.15) is 59.1 Å². The molecule has 1 aromatic carbocycles. The zero-order valence-electron chi connectivity index (χ0n) is 25.2. The molecular weight excluding hydrogens is 564 g/mol. The molecule has 2 aliphatic heterocycles. The van der Waals surface area contributed by atoms with Crippen LogP contribution in [-0.4, -0.2) is 78.1 Å². The second-order valence-corrected chi connectivity index (χ2v) is 12.8. The Balaban J connectivity index is 1.57. The Bertz CT molecular complexity index is 1380. The fourth-order valence-electron chi connectivity index (χ4n) is 6.07. The summed E-state index contributed by atoms with van der Waals surface area (Å²) < 4.78 is 54.0. The number of amides is 1. The van der Waals surface area contributed by atoms with Gasteiger partial charge in [-0.2, -0.15) is 8.78 Å². The highest BCUT2D eigenvalue weighted by molar-refractivity contribution is 5.87. The lowest BCUT2D eigenvalue weighted by atomic mass is 9.77. The van der Waals surface area contributed by atoms with Crippen LogP contribution in [0.25, 0.3) is 11.0 Å². The van der Waals surface area contributed by atoms with Crippen LogP contribution in [-0.2, 0) is 29.8 Å². The molecule has 2 fully saturated rings. The lowest BCUT2D eigenvalue weighted by Crippen LogP contribution is -2.46. The van der Waals surface area contributed by atoms with E-state index in [0.29, 0.717) is 31.3 Å². The number of hydrogen-bond donors (Lipinski definition) is 0. The Kier molecular flexibility index (Phi) is 8.61. The summed E-state index contributed by atoms with van der Waals surface area (Å²) in [4.78, 5) is 49.5. The minimum Gasteiger partial charge on any atom is -0.497 e. The van der Waals surface area contributed by atoms with Crippen molar-refractivity contribution >= 4 is 29.2 Å². The van der Waals surface area contributed by atoms with E-state index in [2.05, 4.69) is 9.97 Å². The number of alkyl halides is 2. The van der Waals surface area contributed by atoms with Crippen LogP contribution >= 0.6 is 0 Å². The van der Waals surface area contributed by atoms with Crippen molar-refractivity contribution in [2.45, 2.75) is 77.6 Å². The van der Waals surface area contributed by atoms with Crippen LogP contribution in [0.5, 0.6) is 11.6 Å².